The molecule has 0 bridgehead atoms. The number of rotatable bonds is 4. The smallest absolute Gasteiger partial charge is 0.238 e. The first-order valence-electron chi connectivity index (χ1n) is 8.39. The summed E-state index contributed by atoms with van der Waals surface area (Å²) >= 11 is 0. The summed E-state index contributed by atoms with van der Waals surface area (Å²) in [6.45, 7) is 1.12. The highest BCUT2D eigenvalue weighted by Gasteiger charge is 2.63. The van der Waals surface area contributed by atoms with E-state index in [1.807, 2.05) is 53.4 Å². The van der Waals surface area contributed by atoms with Crippen molar-refractivity contribution in [3.63, 3.8) is 0 Å². The normalized spacial score (nSPS) is 25.1. The minimum atomic E-state index is -0.450. The molecule has 2 aromatic rings. The molecule has 2 heterocycles. The third-order valence-corrected chi connectivity index (χ3v) is 5.26. The number of hydrogen-bond donors (Lipinski definition) is 0. The van der Waals surface area contributed by atoms with Crippen LogP contribution in [0.25, 0.3) is 0 Å². The van der Waals surface area contributed by atoms with Crippen molar-refractivity contribution < 1.29 is 19.0 Å². The molecule has 2 fully saturated rings. The second-order valence-electron chi connectivity index (χ2n) is 6.51. The first-order valence-corrected chi connectivity index (χ1v) is 8.39. The number of carbonyl (C=O) groups is 1. The van der Waals surface area contributed by atoms with Gasteiger partial charge in [0.1, 0.15) is 16.9 Å². The summed E-state index contributed by atoms with van der Waals surface area (Å²) in [5.74, 6) is 1.72. The summed E-state index contributed by atoms with van der Waals surface area (Å²) in [6.07, 6.45) is 0.759. The van der Waals surface area contributed by atoms with Gasteiger partial charge in [0.2, 0.25) is 5.91 Å². The van der Waals surface area contributed by atoms with Crippen molar-refractivity contribution in [1.29, 1.82) is 0 Å². The number of amides is 1. The van der Waals surface area contributed by atoms with Crippen LogP contribution in [-0.2, 0) is 9.53 Å². The highest BCUT2D eigenvalue weighted by molar-refractivity contribution is 6.06. The van der Waals surface area contributed by atoms with Crippen LogP contribution >= 0.6 is 0 Å². The van der Waals surface area contributed by atoms with Gasteiger partial charge in [0.25, 0.3) is 0 Å². The van der Waals surface area contributed by atoms with E-state index < -0.39 is 5.41 Å². The van der Waals surface area contributed by atoms with Crippen LogP contribution in [-0.4, -0.2) is 33.3 Å². The second kappa shape index (κ2) is 6.08. The van der Waals surface area contributed by atoms with Crippen molar-refractivity contribution in [2.75, 3.05) is 32.3 Å². The highest BCUT2D eigenvalue weighted by Crippen LogP contribution is 2.56. The second-order valence-corrected chi connectivity index (χ2v) is 6.51. The zero-order valence-electron chi connectivity index (χ0n) is 14.4. The maximum atomic E-state index is 13.0. The monoisotopic (exact) mass is 339 g/mol. The van der Waals surface area contributed by atoms with Crippen molar-refractivity contribution in [2.45, 2.75) is 12.5 Å². The quantitative estimate of drug-likeness (QED) is 0.803. The molecule has 0 N–H and O–H groups in total. The fraction of sp³-hybridized carbons (Fsp3) is 0.350. The highest BCUT2D eigenvalue weighted by atomic mass is 16.5. The Morgan fingerprint density at radius 3 is 2.12 bits per heavy atom. The van der Waals surface area contributed by atoms with Crippen LogP contribution in [0.15, 0.2) is 48.5 Å². The summed E-state index contributed by atoms with van der Waals surface area (Å²) in [5, 5.41) is 0. The number of carbonyl (C=O) groups excluding carboxylic acids is 1. The van der Waals surface area contributed by atoms with E-state index >= 15 is 0 Å². The minimum absolute atomic E-state index is 0.0261. The van der Waals surface area contributed by atoms with E-state index in [4.69, 9.17) is 14.2 Å². The van der Waals surface area contributed by atoms with Crippen molar-refractivity contribution in [1.82, 2.24) is 0 Å². The molecule has 4 rings (SSSR count). The third kappa shape index (κ3) is 2.38. The van der Waals surface area contributed by atoms with Gasteiger partial charge in [-0.05, 0) is 48.4 Å². The van der Waals surface area contributed by atoms with Crippen molar-refractivity contribution in [2.24, 2.45) is 5.41 Å². The van der Waals surface area contributed by atoms with Gasteiger partial charge in [0, 0.05) is 12.3 Å². The molecule has 0 aromatic heterocycles. The molecule has 2 aliphatic rings. The van der Waals surface area contributed by atoms with Crippen LogP contribution in [0, 0.1) is 5.41 Å². The standard InChI is InChI=1S/C20H21NO4/c1-23-16-7-3-14(4-8-16)18-20(11-12-25-13-20)19(22)21(18)15-5-9-17(24-2)10-6-15/h3-10,18H,11-13H2,1-2H3/t18-,20-/m0/s1. The van der Waals surface area contributed by atoms with E-state index in [2.05, 4.69) is 0 Å². The van der Waals surface area contributed by atoms with Gasteiger partial charge >= 0.3 is 0 Å². The molecule has 5 heteroatoms. The Hall–Kier alpha value is -2.53. The summed E-state index contributed by atoms with van der Waals surface area (Å²) in [6, 6.07) is 15.5. The molecular weight excluding hydrogens is 318 g/mol. The minimum Gasteiger partial charge on any atom is -0.497 e. The molecule has 25 heavy (non-hydrogen) atoms. The number of β-lactam (4-membered cyclic amide) rings is 1. The van der Waals surface area contributed by atoms with E-state index in [-0.39, 0.29) is 11.9 Å². The zero-order valence-corrected chi connectivity index (χ0v) is 14.4. The number of hydrogen-bond acceptors (Lipinski definition) is 4. The zero-order chi connectivity index (χ0) is 17.4. The van der Waals surface area contributed by atoms with Crippen molar-refractivity contribution >= 4 is 11.6 Å². The number of ether oxygens (including phenoxy) is 3. The summed E-state index contributed by atoms with van der Waals surface area (Å²) in [5.41, 5.74) is 1.53. The molecule has 2 atom stereocenters. The Morgan fingerprint density at radius 2 is 1.60 bits per heavy atom. The van der Waals surface area contributed by atoms with Gasteiger partial charge in [-0.15, -0.1) is 0 Å². The predicted octanol–water partition coefficient (Wildman–Crippen LogP) is 3.20. The number of nitrogens with zero attached hydrogens (tertiary/aromatic N) is 1. The van der Waals surface area contributed by atoms with Gasteiger partial charge in [-0.25, -0.2) is 0 Å². The molecule has 2 aromatic carbocycles. The van der Waals surface area contributed by atoms with Crippen molar-refractivity contribution in [3.8, 4) is 11.5 Å². The molecule has 0 saturated carbocycles. The molecule has 0 aliphatic carbocycles. The lowest BCUT2D eigenvalue weighted by Gasteiger charge is -2.54. The van der Waals surface area contributed by atoms with Gasteiger partial charge < -0.3 is 19.1 Å². The Kier molecular flexibility index (Phi) is 3.88. The summed E-state index contributed by atoms with van der Waals surface area (Å²) in [7, 11) is 3.28. The predicted molar refractivity (Wildman–Crippen MR) is 94.1 cm³/mol. The Bertz CT molecular complexity index is 763. The Morgan fingerprint density at radius 1 is 1.00 bits per heavy atom. The fourth-order valence-electron chi connectivity index (χ4n) is 3.88. The Labute approximate surface area is 147 Å². The molecular formula is C20H21NO4. The van der Waals surface area contributed by atoms with Crippen LogP contribution in [0.4, 0.5) is 5.69 Å². The summed E-state index contributed by atoms with van der Waals surface area (Å²) in [4.78, 5) is 14.9. The topological polar surface area (TPSA) is 48.0 Å². The Balaban J connectivity index is 1.72. The van der Waals surface area contributed by atoms with Crippen molar-refractivity contribution in [3.05, 3.63) is 54.1 Å². The molecule has 2 aliphatic heterocycles. The molecule has 1 amide bonds. The van der Waals surface area contributed by atoms with Crippen LogP contribution < -0.4 is 14.4 Å². The molecule has 2 saturated heterocycles. The van der Waals surface area contributed by atoms with E-state index in [9.17, 15) is 4.79 Å². The first kappa shape index (κ1) is 16.0. The average molecular weight is 339 g/mol. The van der Waals surface area contributed by atoms with Crippen LogP contribution in [0.1, 0.15) is 18.0 Å². The molecule has 130 valence electrons. The largest absolute Gasteiger partial charge is 0.497 e. The lowest BCUT2D eigenvalue weighted by molar-refractivity contribution is -0.140. The van der Waals surface area contributed by atoms with Gasteiger partial charge in [0.05, 0.1) is 26.9 Å². The molecule has 0 radical (unpaired) electrons. The maximum absolute atomic E-state index is 13.0. The SMILES string of the molecule is COc1ccc([C@@H]2N(c3ccc(OC)cc3)C(=O)[C@]23CCOC3)cc1. The van der Waals surface area contributed by atoms with E-state index in [0.29, 0.717) is 13.2 Å². The van der Waals surface area contributed by atoms with Gasteiger partial charge in [-0.1, -0.05) is 12.1 Å². The van der Waals surface area contributed by atoms with Gasteiger partial charge in [0.15, 0.2) is 0 Å². The van der Waals surface area contributed by atoms with Gasteiger partial charge in [-0.3, -0.25) is 4.79 Å². The van der Waals surface area contributed by atoms with Crippen LogP contribution in [0.3, 0.4) is 0 Å². The number of anilines is 1. The first-order chi connectivity index (χ1) is 12.2. The molecule has 0 unspecified atom stereocenters. The lowest BCUT2D eigenvalue weighted by atomic mass is 9.67. The van der Waals surface area contributed by atoms with E-state index in [1.54, 1.807) is 14.2 Å². The number of benzene rings is 2. The van der Waals surface area contributed by atoms with E-state index in [1.165, 1.54) is 0 Å². The molecule has 1 spiro atoms. The van der Waals surface area contributed by atoms with Gasteiger partial charge in [-0.2, -0.15) is 0 Å². The average Bonchev–Trinajstić information content (AvgIpc) is 3.18. The van der Waals surface area contributed by atoms with Crippen LogP contribution in [0.2, 0.25) is 0 Å². The van der Waals surface area contributed by atoms with Crippen LogP contribution in [0.5, 0.6) is 11.5 Å². The third-order valence-electron chi connectivity index (χ3n) is 5.26. The lowest BCUT2D eigenvalue weighted by Crippen LogP contribution is -2.64. The van der Waals surface area contributed by atoms with E-state index in [0.717, 1.165) is 29.2 Å². The summed E-state index contributed by atoms with van der Waals surface area (Å²) < 4.78 is 16.1. The number of methoxy groups -OCH3 is 2. The fourth-order valence-corrected chi connectivity index (χ4v) is 3.88. The maximum Gasteiger partial charge on any atom is 0.238 e. The molecule has 5 nitrogen and oxygen atoms in total.